The van der Waals surface area contributed by atoms with Crippen molar-refractivity contribution >= 4 is 32.8 Å². The Kier molecular flexibility index (Phi) is 3.18. The molecule has 0 fully saturated rings. The summed E-state index contributed by atoms with van der Waals surface area (Å²) in [5.41, 5.74) is 0.239. The van der Waals surface area contributed by atoms with Gasteiger partial charge in [-0.15, -0.1) is 11.3 Å². The molecule has 0 nitrogen and oxygen atoms in total. The zero-order chi connectivity index (χ0) is 10.1. The van der Waals surface area contributed by atoms with Crippen molar-refractivity contribution in [3.8, 4) is 0 Å². The molecule has 13 heavy (non-hydrogen) atoms. The molecule has 72 valence electrons. The maximum Gasteiger partial charge on any atom is 0.410 e. The van der Waals surface area contributed by atoms with Crippen molar-refractivity contribution in [3.05, 3.63) is 26.9 Å². The lowest BCUT2D eigenvalue weighted by Crippen LogP contribution is -2.01. The number of hydrogen-bond acceptors (Lipinski definition) is 1. The summed E-state index contributed by atoms with van der Waals surface area (Å²) in [6, 6.07) is 3.39. The lowest BCUT2D eigenvalue weighted by molar-refractivity contribution is -0.0793. The van der Waals surface area contributed by atoms with Crippen molar-refractivity contribution in [3.63, 3.8) is 0 Å². The van der Waals surface area contributed by atoms with Crippen molar-refractivity contribution in [1.82, 2.24) is 0 Å². The summed E-state index contributed by atoms with van der Waals surface area (Å²) in [6.07, 6.45) is -3.92. The summed E-state index contributed by atoms with van der Waals surface area (Å²) >= 11 is 4.48. The minimum atomic E-state index is -4.24. The van der Waals surface area contributed by atoms with Gasteiger partial charge >= 0.3 is 6.18 Å². The molecule has 1 aromatic heterocycles. The highest BCUT2D eigenvalue weighted by Crippen LogP contribution is 2.30. The Labute approximate surface area is 86.2 Å². The van der Waals surface area contributed by atoms with Gasteiger partial charge in [0.1, 0.15) is 0 Å². The van der Waals surface area contributed by atoms with Crippen LogP contribution in [-0.4, -0.2) is 6.18 Å². The van der Waals surface area contributed by atoms with Crippen molar-refractivity contribution in [1.29, 1.82) is 0 Å². The van der Waals surface area contributed by atoms with Crippen LogP contribution in [0.3, 0.4) is 0 Å². The Morgan fingerprint density at radius 3 is 2.46 bits per heavy atom. The standard InChI is InChI=1S/C8H6BrF3S/c1-5(4-8(10,11)12)6-2-3-7(9)13-6/h2-4H,1H3/b5-4-. The van der Waals surface area contributed by atoms with Gasteiger partial charge in [-0.2, -0.15) is 13.2 Å². The van der Waals surface area contributed by atoms with Gasteiger partial charge in [0.25, 0.3) is 0 Å². The SMILES string of the molecule is C/C(=C/C(F)(F)F)c1ccc(Br)s1. The Bertz CT molecular complexity index is 324. The van der Waals surface area contributed by atoms with Crippen LogP contribution in [0.5, 0.6) is 0 Å². The molecule has 0 aliphatic heterocycles. The van der Waals surface area contributed by atoms with E-state index in [0.29, 0.717) is 11.0 Å². The van der Waals surface area contributed by atoms with E-state index in [4.69, 9.17) is 0 Å². The average molecular weight is 271 g/mol. The van der Waals surface area contributed by atoms with E-state index in [1.54, 1.807) is 12.1 Å². The van der Waals surface area contributed by atoms with Crippen LogP contribution in [0.25, 0.3) is 5.57 Å². The van der Waals surface area contributed by atoms with Gasteiger partial charge in [0.15, 0.2) is 0 Å². The van der Waals surface area contributed by atoms with E-state index in [0.717, 1.165) is 3.79 Å². The first-order chi connectivity index (χ1) is 5.88. The zero-order valence-corrected chi connectivity index (χ0v) is 9.05. The number of rotatable bonds is 1. The molecule has 1 rings (SSSR count). The molecule has 0 aliphatic rings. The maximum atomic E-state index is 11.9. The predicted molar refractivity (Wildman–Crippen MR) is 51.7 cm³/mol. The van der Waals surface area contributed by atoms with Gasteiger partial charge in [0.05, 0.1) is 3.79 Å². The minimum Gasteiger partial charge on any atom is -0.167 e. The van der Waals surface area contributed by atoms with E-state index in [1.165, 1.54) is 18.3 Å². The van der Waals surface area contributed by atoms with E-state index in [1.807, 2.05) is 0 Å². The minimum absolute atomic E-state index is 0.239. The highest BCUT2D eigenvalue weighted by molar-refractivity contribution is 9.11. The van der Waals surface area contributed by atoms with Crippen LogP contribution >= 0.6 is 27.3 Å². The highest BCUT2D eigenvalue weighted by atomic mass is 79.9. The molecule has 0 atom stereocenters. The molecule has 0 unspecified atom stereocenters. The number of allylic oxidation sites excluding steroid dienone is 2. The number of halogens is 4. The van der Waals surface area contributed by atoms with Crippen molar-refractivity contribution in [2.24, 2.45) is 0 Å². The number of thiophene rings is 1. The van der Waals surface area contributed by atoms with Crippen molar-refractivity contribution in [2.45, 2.75) is 13.1 Å². The lowest BCUT2D eigenvalue weighted by Gasteiger charge is -2.01. The quantitative estimate of drug-likeness (QED) is 0.706. The van der Waals surface area contributed by atoms with E-state index in [9.17, 15) is 13.2 Å². The fraction of sp³-hybridized carbons (Fsp3) is 0.250. The smallest absolute Gasteiger partial charge is 0.167 e. The van der Waals surface area contributed by atoms with E-state index in [-0.39, 0.29) is 5.57 Å². The molecular weight excluding hydrogens is 265 g/mol. The Morgan fingerprint density at radius 2 is 2.08 bits per heavy atom. The zero-order valence-electron chi connectivity index (χ0n) is 6.65. The first kappa shape index (κ1) is 10.8. The fourth-order valence-electron chi connectivity index (χ4n) is 0.843. The summed E-state index contributed by atoms with van der Waals surface area (Å²) in [4.78, 5) is 0.629. The van der Waals surface area contributed by atoms with E-state index >= 15 is 0 Å². The van der Waals surface area contributed by atoms with Gasteiger partial charge in [0, 0.05) is 11.0 Å². The molecule has 0 aliphatic carbocycles. The third kappa shape index (κ3) is 3.52. The largest absolute Gasteiger partial charge is 0.410 e. The van der Waals surface area contributed by atoms with Gasteiger partial charge in [-0.1, -0.05) is 0 Å². The van der Waals surface area contributed by atoms with Crippen LogP contribution in [0.1, 0.15) is 11.8 Å². The Hall–Kier alpha value is -0.290. The third-order valence-electron chi connectivity index (χ3n) is 1.34. The van der Waals surface area contributed by atoms with E-state index < -0.39 is 6.18 Å². The molecule has 0 N–H and O–H groups in total. The molecule has 0 bridgehead atoms. The van der Waals surface area contributed by atoms with Crippen LogP contribution in [0.2, 0.25) is 0 Å². The number of hydrogen-bond donors (Lipinski definition) is 0. The van der Waals surface area contributed by atoms with Gasteiger partial charge in [-0.05, 0) is 40.6 Å². The molecular formula is C8H6BrF3S. The molecule has 0 saturated carbocycles. The molecule has 0 radical (unpaired) electrons. The second-order valence-electron chi connectivity index (χ2n) is 2.47. The van der Waals surface area contributed by atoms with Crippen LogP contribution in [-0.2, 0) is 0 Å². The van der Waals surface area contributed by atoms with E-state index in [2.05, 4.69) is 15.9 Å². The van der Waals surface area contributed by atoms with Gasteiger partial charge in [-0.25, -0.2) is 0 Å². The third-order valence-corrected chi connectivity index (χ3v) is 3.10. The summed E-state index contributed by atoms with van der Waals surface area (Å²) < 4.78 is 36.6. The maximum absolute atomic E-state index is 11.9. The van der Waals surface area contributed by atoms with Crippen LogP contribution < -0.4 is 0 Å². The first-order valence-electron chi connectivity index (χ1n) is 3.40. The van der Waals surface area contributed by atoms with Crippen LogP contribution in [0, 0.1) is 0 Å². The molecule has 0 amide bonds. The summed E-state index contributed by atoms with van der Waals surface area (Å²) in [6.45, 7) is 1.45. The molecule has 1 heterocycles. The average Bonchev–Trinajstić information content (AvgIpc) is 2.31. The second kappa shape index (κ2) is 3.84. The van der Waals surface area contributed by atoms with Crippen LogP contribution in [0.4, 0.5) is 13.2 Å². The molecule has 0 aromatic carbocycles. The topological polar surface area (TPSA) is 0 Å². The lowest BCUT2D eigenvalue weighted by atomic mass is 10.2. The monoisotopic (exact) mass is 270 g/mol. The van der Waals surface area contributed by atoms with Crippen molar-refractivity contribution < 1.29 is 13.2 Å². The molecule has 1 aromatic rings. The van der Waals surface area contributed by atoms with Crippen molar-refractivity contribution in [2.75, 3.05) is 0 Å². The normalized spacial score (nSPS) is 13.5. The predicted octanol–water partition coefficient (Wildman–Crippen LogP) is 4.48. The highest BCUT2D eigenvalue weighted by Gasteiger charge is 2.23. The van der Waals surface area contributed by atoms with Gasteiger partial charge < -0.3 is 0 Å². The Morgan fingerprint density at radius 1 is 1.46 bits per heavy atom. The molecule has 0 saturated heterocycles. The second-order valence-corrected chi connectivity index (χ2v) is 4.94. The Balaban J connectivity index is 2.91. The molecule has 5 heteroatoms. The molecule has 0 spiro atoms. The van der Waals surface area contributed by atoms with Gasteiger partial charge in [-0.3, -0.25) is 0 Å². The fourth-order valence-corrected chi connectivity index (χ4v) is 2.20. The summed E-state index contributed by atoms with van der Waals surface area (Å²) in [5.74, 6) is 0. The summed E-state index contributed by atoms with van der Waals surface area (Å²) in [7, 11) is 0. The summed E-state index contributed by atoms with van der Waals surface area (Å²) in [5, 5.41) is 0. The number of alkyl halides is 3. The first-order valence-corrected chi connectivity index (χ1v) is 5.01. The van der Waals surface area contributed by atoms with Crippen LogP contribution in [0.15, 0.2) is 22.0 Å². The van der Waals surface area contributed by atoms with Gasteiger partial charge in [0.2, 0.25) is 0 Å².